The number of H-pyrrole nitrogens is 1. The maximum Gasteiger partial charge on any atom is 0.195 e. The summed E-state index contributed by atoms with van der Waals surface area (Å²) in [6.45, 7) is 2.77. The molecule has 3 aromatic heterocycles. The summed E-state index contributed by atoms with van der Waals surface area (Å²) in [5.41, 5.74) is 1.25. The topological polar surface area (TPSA) is 109 Å². The van der Waals surface area contributed by atoms with Crippen LogP contribution in [-0.2, 0) is 6.54 Å². The lowest BCUT2D eigenvalue weighted by molar-refractivity contribution is 0.341. The van der Waals surface area contributed by atoms with Gasteiger partial charge in [0.05, 0.1) is 11.5 Å². The molecule has 0 aliphatic carbocycles. The molecule has 0 unspecified atom stereocenters. The summed E-state index contributed by atoms with van der Waals surface area (Å²) >= 11 is 1.36. The molecule has 2 N–H and O–H groups in total. The number of nitrogens with one attached hydrogen (secondary N) is 1. The number of nitrogens with zero attached hydrogens (tertiary/aromatic N) is 5. The third-order valence-corrected chi connectivity index (χ3v) is 5.00. The van der Waals surface area contributed by atoms with E-state index in [0.717, 1.165) is 5.56 Å². The lowest BCUT2D eigenvalue weighted by Crippen LogP contribution is -1.92. The van der Waals surface area contributed by atoms with Gasteiger partial charge in [0.2, 0.25) is 0 Å². The highest BCUT2D eigenvalue weighted by molar-refractivity contribution is 7.23. The largest absolute Gasteiger partial charge is 0.504 e. The molecule has 0 aliphatic rings. The quantitative estimate of drug-likeness (QED) is 0.480. The SMILES string of the molecule is CCOc1ccccc1-c1sc2c(N=NCc3ncc[nH]3)ncnc2c1O. The Morgan fingerprint density at radius 1 is 1.22 bits per heavy atom. The number of thiophene rings is 1. The zero-order chi connectivity index (χ0) is 18.6. The van der Waals surface area contributed by atoms with Crippen molar-refractivity contribution in [2.45, 2.75) is 13.5 Å². The number of imidazole rings is 1. The first-order chi connectivity index (χ1) is 13.3. The van der Waals surface area contributed by atoms with E-state index in [1.807, 2.05) is 31.2 Å². The van der Waals surface area contributed by atoms with Crippen LogP contribution in [0.5, 0.6) is 11.5 Å². The first kappa shape index (κ1) is 17.1. The number of fused-ring (bicyclic) bond motifs is 1. The molecular formula is C18H16N6O2S. The van der Waals surface area contributed by atoms with Gasteiger partial charge in [-0.1, -0.05) is 12.1 Å². The molecule has 9 heteroatoms. The van der Waals surface area contributed by atoms with Crippen molar-refractivity contribution >= 4 is 27.4 Å². The van der Waals surface area contributed by atoms with Gasteiger partial charge in [-0.2, -0.15) is 5.11 Å². The van der Waals surface area contributed by atoms with Gasteiger partial charge < -0.3 is 14.8 Å². The van der Waals surface area contributed by atoms with Gasteiger partial charge >= 0.3 is 0 Å². The molecule has 0 spiro atoms. The molecule has 0 fully saturated rings. The molecule has 0 aliphatic heterocycles. The van der Waals surface area contributed by atoms with Gasteiger partial charge in [0, 0.05) is 18.0 Å². The van der Waals surface area contributed by atoms with Gasteiger partial charge in [0.1, 0.15) is 34.7 Å². The van der Waals surface area contributed by atoms with Crippen molar-refractivity contribution in [1.82, 2.24) is 19.9 Å². The van der Waals surface area contributed by atoms with Gasteiger partial charge in [0.15, 0.2) is 11.6 Å². The summed E-state index contributed by atoms with van der Waals surface area (Å²) < 4.78 is 6.35. The number of azo groups is 1. The molecule has 0 saturated carbocycles. The second-order valence-corrected chi connectivity index (χ2v) is 6.54. The average Bonchev–Trinajstić information content (AvgIpc) is 3.32. The fourth-order valence-electron chi connectivity index (χ4n) is 2.63. The number of hydrogen-bond acceptors (Lipinski definition) is 8. The summed E-state index contributed by atoms with van der Waals surface area (Å²) in [6, 6.07) is 7.57. The smallest absolute Gasteiger partial charge is 0.195 e. The molecule has 1 aromatic carbocycles. The molecule has 0 radical (unpaired) electrons. The van der Waals surface area contributed by atoms with E-state index in [1.54, 1.807) is 12.4 Å². The number of hydrogen-bond donors (Lipinski definition) is 2. The zero-order valence-corrected chi connectivity index (χ0v) is 15.3. The van der Waals surface area contributed by atoms with Crippen LogP contribution in [0, 0.1) is 0 Å². The fraction of sp³-hybridized carbons (Fsp3) is 0.167. The highest BCUT2D eigenvalue weighted by Gasteiger charge is 2.20. The van der Waals surface area contributed by atoms with Crippen molar-refractivity contribution in [2.24, 2.45) is 10.2 Å². The van der Waals surface area contributed by atoms with Crippen molar-refractivity contribution in [2.75, 3.05) is 6.61 Å². The Morgan fingerprint density at radius 3 is 2.93 bits per heavy atom. The summed E-state index contributed by atoms with van der Waals surface area (Å²) in [7, 11) is 0. The van der Waals surface area contributed by atoms with Crippen LogP contribution < -0.4 is 4.74 Å². The van der Waals surface area contributed by atoms with Gasteiger partial charge in [-0.3, -0.25) is 0 Å². The minimum absolute atomic E-state index is 0.0898. The van der Waals surface area contributed by atoms with Crippen molar-refractivity contribution in [3.8, 4) is 21.9 Å². The Hall–Kier alpha value is -3.33. The van der Waals surface area contributed by atoms with E-state index >= 15 is 0 Å². The lowest BCUT2D eigenvalue weighted by atomic mass is 10.1. The summed E-state index contributed by atoms with van der Waals surface area (Å²) in [5, 5.41) is 19.0. The van der Waals surface area contributed by atoms with Crippen LogP contribution in [0.4, 0.5) is 5.82 Å². The second kappa shape index (κ2) is 7.50. The first-order valence-corrected chi connectivity index (χ1v) is 9.14. The third kappa shape index (κ3) is 3.36. The number of para-hydroxylation sites is 1. The van der Waals surface area contributed by atoms with E-state index in [-0.39, 0.29) is 5.75 Å². The normalized spacial score (nSPS) is 11.4. The van der Waals surface area contributed by atoms with E-state index in [9.17, 15) is 5.11 Å². The Kier molecular flexibility index (Phi) is 4.75. The van der Waals surface area contributed by atoms with Gasteiger partial charge in [-0.15, -0.1) is 16.5 Å². The molecule has 0 saturated heterocycles. The second-order valence-electron chi connectivity index (χ2n) is 5.52. The fourth-order valence-corrected chi connectivity index (χ4v) is 3.74. The molecule has 3 heterocycles. The van der Waals surface area contributed by atoms with Crippen LogP contribution in [0.3, 0.4) is 0 Å². The number of aromatic hydroxyl groups is 1. The molecule has 4 rings (SSSR count). The Bertz CT molecular complexity index is 1090. The van der Waals surface area contributed by atoms with Crippen molar-refractivity contribution in [1.29, 1.82) is 0 Å². The molecule has 0 amide bonds. The Morgan fingerprint density at radius 2 is 2.11 bits per heavy atom. The van der Waals surface area contributed by atoms with Crippen LogP contribution in [0.25, 0.3) is 20.7 Å². The minimum atomic E-state index is 0.0898. The third-order valence-electron chi connectivity index (χ3n) is 3.80. The summed E-state index contributed by atoms with van der Waals surface area (Å²) in [5.74, 6) is 1.92. The maximum absolute atomic E-state index is 10.7. The minimum Gasteiger partial charge on any atom is -0.504 e. The van der Waals surface area contributed by atoms with Crippen LogP contribution >= 0.6 is 11.3 Å². The maximum atomic E-state index is 10.7. The van der Waals surface area contributed by atoms with E-state index < -0.39 is 0 Å². The van der Waals surface area contributed by atoms with Crippen LogP contribution in [-0.4, -0.2) is 31.6 Å². The highest BCUT2D eigenvalue weighted by Crippen LogP contribution is 2.47. The highest BCUT2D eigenvalue weighted by atomic mass is 32.1. The number of benzene rings is 1. The van der Waals surface area contributed by atoms with E-state index in [1.165, 1.54) is 17.7 Å². The van der Waals surface area contributed by atoms with E-state index in [2.05, 4.69) is 30.2 Å². The molecule has 27 heavy (non-hydrogen) atoms. The molecule has 0 bridgehead atoms. The predicted octanol–water partition coefficient (Wildman–Crippen LogP) is 4.47. The molecule has 8 nitrogen and oxygen atoms in total. The molecule has 0 atom stereocenters. The average molecular weight is 380 g/mol. The number of aromatic nitrogens is 4. The molecule has 136 valence electrons. The summed E-state index contributed by atoms with van der Waals surface area (Å²) in [6.07, 6.45) is 4.76. The Labute approximate surface area is 158 Å². The van der Waals surface area contributed by atoms with Crippen molar-refractivity contribution in [3.05, 3.63) is 48.8 Å². The number of rotatable bonds is 6. The van der Waals surface area contributed by atoms with Gasteiger partial charge in [0.25, 0.3) is 0 Å². The van der Waals surface area contributed by atoms with Crippen LogP contribution in [0.15, 0.2) is 53.2 Å². The van der Waals surface area contributed by atoms with E-state index in [0.29, 0.717) is 45.6 Å². The summed E-state index contributed by atoms with van der Waals surface area (Å²) in [4.78, 5) is 16.1. The van der Waals surface area contributed by atoms with Crippen molar-refractivity contribution < 1.29 is 9.84 Å². The van der Waals surface area contributed by atoms with E-state index in [4.69, 9.17) is 4.74 Å². The van der Waals surface area contributed by atoms with Gasteiger partial charge in [-0.05, 0) is 19.1 Å². The standard InChI is InChI=1S/C18H16N6O2S/c1-2-26-12-6-4-3-5-11(12)16-15(25)14-17(27-16)18(22-10-21-14)24-23-9-13-19-7-8-20-13/h3-8,10,25H,2,9H2,1H3,(H,19,20). The molecular weight excluding hydrogens is 364 g/mol. The zero-order valence-electron chi connectivity index (χ0n) is 14.5. The first-order valence-electron chi connectivity index (χ1n) is 8.32. The lowest BCUT2D eigenvalue weighted by Gasteiger charge is -2.08. The van der Waals surface area contributed by atoms with Crippen molar-refractivity contribution in [3.63, 3.8) is 0 Å². The Balaban J connectivity index is 1.75. The monoisotopic (exact) mass is 380 g/mol. The predicted molar refractivity (Wildman–Crippen MR) is 102 cm³/mol. The number of aromatic amines is 1. The number of ether oxygens (including phenoxy) is 1. The van der Waals surface area contributed by atoms with Crippen LogP contribution in [0.1, 0.15) is 12.7 Å². The van der Waals surface area contributed by atoms with Crippen LogP contribution in [0.2, 0.25) is 0 Å². The van der Waals surface area contributed by atoms with Gasteiger partial charge in [-0.25, -0.2) is 15.0 Å². The molecule has 4 aromatic rings.